The van der Waals surface area contributed by atoms with E-state index in [4.69, 9.17) is 16.3 Å². The largest absolute Gasteiger partial charge is 0.489 e. The standard InChI is InChI=1S/C20H14ClFN2O/c21-17-8-9-23-20-16(17)11-19(24-20)13-5-3-6-15(10-13)25-12-14-4-1-2-7-18(14)22/h1-11H,12H2,(H,23,24). The molecule has 0 aliphatic heterocycles. The van der Waals surface area contributed by atoms with Gasteiger partial charge in [0.25, 0.3) is 0 Å². The molecule has 3 nitrogen and oxygen atoms in total. The molecule has 2 aromatic carbocycles. The maximum Gasteiger partial charge on any atom is 0.139 e. The van der Waals surface area contributed by atoms with Crippen LogP contribution in [0.3, 0.4) is 0 Å². The molecule has 4 aromatic rings. The quantitative estimate of drug-likeness (QED) is 0.519. The predicted octanol–water partition coefficient (Wildman–Crippen LogP) is 5.60. The Hall–Kier alpha value is -2.85. The van der Waals surface area contributed by atoms with Crippen LogP contribution in [0.15, 0.2) is 66.9 Å². The maximum absolute atomic E-state index is 13.7. The monoisotopic (exact) mass is 352 g/mol. The zero-order valence-electron chi connectivity index (χ0n) is 13.2. The number of fused-ring (bicyclic) bond motifs is 1. The highest BCUT2D eigenvalue weighted by atomic mass is 35.5. The lowest BCUT2D eigenvalue weighted by atomic mass is 10.1. The number of aromatic amines is 1. The zero-order valence-corrected chi connectivity index (χ0v) is 13.9. The van der Waals surface area contributed by atoms with Crippen LogP contribution in [0.2, 0.25) is 5.02 Å². The van der Waals surface area contributed by atoms with Crippen molar-refractivity contribution in [3.8, 4) is 17.0 Å². The Kier molecular flexibility index (Phi) is 4.12. The number of nitrogens with one attached hydrogen (secondary N) is 1. The molecule has 0 saturated carbocycles. The first kappa shape index (κ1) is 15.7. The molecule has 0 radical (unpaired) electrons. The van der Waals surface area contributed by atoms with Gasteiger partial charge in [0, 0.05) is 28.4 Å². The van der Waals surface area contributed by atoms with Crippen LogP contribution in [-0.4, -0.2) is 9.97 Å². The summed E-state index contributed by atoms with van der Waals surface area (Å²) in [6.07, 6.45) is 1.67. The van der Waals surface area contributed by atoms with Crippen LogP contribution in [0.4, 0.5) is 4.39 Å². The highest BCUT2D eigenvalue weighted by Gasteiger charge is 2.08. The van der Waals surface area contributed by atoms with Gasteiger partial charge >= 0.3 is 0 Å². The van der Waals surface area contributed by atoms with E-state index in [0.29, 0.717) is 16.3 Å². The number of pyridine rings is 1. The van der Waals surface area contributed by atoms with Crippen LogP contribution in [0.1, 0.15) is 5.56 Å². The number of rotatable bonds is 4. The lowest BCUT2D eigenvalue weighted by Crippen LogP contribution is -1.98. The second kappa shape index (κ2) is 6.57. The Labute approximate surface area is 149 Å². The fourth-order valence-electron chi connectivity index (χ4n) is 2.68. The van der Waals surface area contributed by atoms with Gasteiger partial charge in [-0.2, -0.15) is 0 Å². The number of nitrogens with zero attached hydrogens (tertiary/aromatic N) is 1. The fraction of sp³-hybridized carbons (Fsp3) is 0.0500. The van der Waals surface area contributed by atoms with Crippen LogP contribution < -0.4 is 4.74 Å². The summed E-state index contributed by atoms with van der Waals surface area (Å²) in [5.74, 6) is 0.397. The lowest BCUT2D eigenvalue weighted by molar-refractivity contribution is 0.300. The second-order valence-corrected chi connectivity index (χ2v) is 6.05. The van der Waals surface area contributed by atoms with Crippen molar-refractivity contribution in [1.82, 2.24) is 9.97 Å². The van der Waals surface area contributed by atoms with Gasteiger partial charge in [0.05, 0.1) is 5.02 Å². The van der Waals surface area contributed by atoms with Crippen molar-refractivity contribution in [2.24, 2.45) is 0 Å². The van der Waals surface area contributed by atoms with E-state index in [2.05, 4.69) is 9.97 Å². The van der Waals surface area contributed by atoms with Crippen molar-refractivity contribution in [2.45, 2.75) is 6.61 Å². The summed E-state index contributed by atoms with van der Waals surface area (Å²) in [6, 6.07) is 17.9. The molecule has 124 valence electrons. The van der Waals surface area contributed by atoms with Gasteiger partial charge in [-0.05, 0) is 30.3 Å². The van der Waals surface area contributed by atoms with Crippen molar-refractivity contribution in [3.63, 3.8) is 0 Å². The number of ether oxygens (including phenoxy) is 1. The summed E-state index contributed by atoms with van der Waals surface area (Å²) in [7, 11) is 0. The minimum absolute atomic E-state index is 0.177. The molecule has 0 atom stereocenters. The molecule has 25 heavy (non-hydrogen) atoms. The van der Waals surface area contributed by atoms with Gasteiger partial charge in [0.15, 0.2) is 0 Å². The van der Waals surface area contributed by atoms with Gasteiger partial charge in [0.1, 0.15) is 23.8 Å². The molecule has 0 unspecified atom stereocenters. The molecule has 4 rings (SSSR count). The second-order valence-electron chi connectivity index (χ2n) is 5.65. The molecule has 2 aromatic heterocycles. The van der Waals surface area contributed by atoms with E-state index in [-0.39, 0.29) is 12.4 Å². The van der Waals surface area contributed by atoms with Gasteiger partial charge < -0.3 is 9.72 Å². The van der Waals surface area contributed by atoms with Crippen LogP contribution in [0.5, 0.6) is 5.75 Å². The Morgan fingerprint density at radius 3 is 2.76 bits per heavy atom. The maximum atomic E-state index is 13.7. The van der Waals surface area contributed by atoms with Crippen molar-refractivity contribution in [2.75, 3.05) is 0 Å². The molecule has 0 spiro atoms. The number of H-pyrrole nitrogens is 1. The van der Waals surface area contributed by atoms with Gasteiger partial charge in [-0.15, -0.1) is 0 Å². The van der Waals surface area contributed by atoms with Crippen LogP contribution in [0, 0.1) is 5.82 Å². The highest BCUT2D eigenvalue weighted by molar-refractivity contribution is 6.35. The number of hydrogen-bond donors (Lipinski definition) is 1. The topological polar surface area (TPSA) is 37.9 Å². The van der Waals surface area contributed by atoms with E-state index in [0.717, 1.165) is 22.3 Å². The normalized spacial score (nSPS) is 11.0. The van der Waals surface area contributed by atoms with Gasteiger partial charge in [0.2, 0.25) is 0 Å². The smallest absolute Gasteiger partial charge is 0.139 e. The first-order chi connectivity index (χ1) is 12.2. The molecular weight excluding hydrogens is 339 g/mol. The number of benzene rings is 2. The lowest BCUT2D eigenvalue weighted by Gasteiger charge is -2.08. The summed E-state index contributed by atoms with van der Waals surface area (Å²) < 4.78 is 19.4. The molecule has 0 bridgehead atoms. The van der Waals surface area contributed by atoms with E-state index in [1.54, 1.807) is 30.5 Å². The third-order valence-corrected chi connectivity index (χ3v) is 4.31. The number of aromatic nitrogens is 2. The Bertz CT molecular complexity index is 1040. The van der Waals surface area contributed by atoms with E-state index in [9.17, 15) is 4.39 Å². The van der Waals surface area contributed by atoms with Crippen molar-refractivity contribution >= 4 is 22.6 Å². The van der Waals surface area contributed by atoms with E-state index >= 15 is 0 Å². The molecule has 0 amide bonds. The predicted molar refractivity (Wildman–Crippen MR) is 97.3 cm³/mol. The molecular formula is C20H14ClFN2O. The Morgan fingerprint density at radius 1 is 1.04 bits per heavy atom. The van der Waals surface area contributed by atoms with Gasteiger partial charge in [-0.3, -0.25) is 0 Å². The first-order valence-corrected chi connectivity index (χ1v) is 8.18. The van der Waals surface area contributed by atoms with Gasteiger partial charge in [-0.1, -0.05) is 41.9 Å². The van der Waals surface area contributed by atoms with Crippen molar-refractivity contribution < 1.29 is 9.13 Å². The summed E-state index contributed by atoms with van der Waals surface area (Å²) in [6.45, 7) is 0.177. The molecule has 2 heterocycles. The molecule has 1 N–H and O–H groups in total. The van der Waals surface area contributed by atoms with Crippen LogP contribution >= 0.6 is 11.6 Å². The fourth-order valence-corrected chi connectivity index (χ4v) is 2.88. The molecule has 0 aliphatic carbocycles. The Balaban J connectivity index is 1.60. The van der Waals surface area contributed by atoms with E-state index in [1.165, 1.54) is 6.07 Å². The van der Waals surface area contributed by atoms with Crippen molar-refractivity contribution in [1.29, 1.82) is 0 Å². The zero-order chi connectivity index (χ0) is 17.2. The SMILES string of the molecule is Fc1ccccc1COc1cccc(-c2cc3c(Cl)ccnc3[nH]2)c1. The first-order valence-electron chi connectivity index (χ1n) is 7.80. The number of hydrogen-bond acceptors (Lipinski definition) is 2. The van der Waals surface area contributed by atoms with Crippen molar-refractivity contribution in [3.05, 3.63) is 83.3 Å². The summed E-state index contributed by atoms with van der Waals surface area (Å²) >= 11 is 6.20. The highest BCUT2D eigenvalue weighted by Crippen LogP contribution is 2.29. The third kappa shape index (κ3) is 3.21. The minimum Gasteiger partial charge on any atom is -0.489 e. The summed E-state index contributed by atoms with van der Waals surface area (Å²) in [5.41, 5.74) is 3.10. The van der Waals surface area contributed by atoms with Crippen LogP contribution in [-0.2, 0) is 6.61 Å². The minimum atomic E-state index is -0.269. The number of halogens is 2. The van der Waals surface area contributed by atoms with Crippen LogP contribution in [0.25, 0.3) is 22.3 Å². The molecule has 0 aliphatic rings. The molecule has 5 heteroatoms. The summed E-state index contributed by atoms with van der Waals surface area (Å²) in [5, 5.41) is 1.52. The summed E-state index contributed by atoms with van der Waals surface area (Å²) in [4.78, 5) is 7.54. The third-order valence-electron chi connectivity index (χ3n) is 3.98. The molecule has 0 fully saturated rings. The molecule has 0 saturated heterocycles. The van der Waals surface area contributed by atoms with E-state index < -0.39 is 0 Å². The Morgan fingerprint density at radius 2 is 1.92 bits per heavy atom. The average molecular weight is 353 g/mol. The average Bonchev–Trinajstić information content (AvgIpc) is 3.07. The van der Waals surface area contributed by atoms with Gasteiger partial charge in [-0.25, -0.2) is 9.37 Å². The van der Waals surface area contributed by atoms with E-state index in [1.807, 2.05) is 30.3 Å².